The number of halogens is 1. The van der Waals surface area contributed by atoms with Crippen LogP contribution in [0.3, 0.4) is 0 Å². The Hall–Kier alpha value is -2.60. The van der Waals surface area contributed by atoms with E-state index in [1.165, 1.54) is 6.07 Å². The van der Waals surface area contributed by atoms with Crippen LogP contribution in [0.1, 0.15) is 5.69 Å². The lowest BCUT2D eigenvalue weighted by molar-refractivity contribution is 0.247. The molecule has 0 atom stereocenters. The molecule has 6 heteroatoms. The highest BCUT2D eigenvalue weighted by atomic mass is 19.1. The van der Waals surface area contributed by atoms with Gasteiger partial charge >= 0.3 is 0 Å². The van der Waals surface area contributed by atoms with Crippen molar-refractivity contribution in [3.8, 4) is 0 Å². The first-order chi connectivity index (χ1) is 11.7. The van der Waals surface area contributed by atoms with Crippen molar-refractivity contribution in [1.82, 2.24) is 14.3 Å². The summed E-state index contributed by atoms with van der Waals surface area (Å²) >= 11 is 0. The zero-order valence-electron chi connectivity index (χ0n) is 13.4. The summed E-state index contributed by atoms with van der Waals surface area (Å²) in [6.45, 7) is 4.23. The maximum atomic E-state index is 13.9. The first-order valence-electron chi connectivity index (χ1n) is 8.14. The predicted molar refractivity (Wildman–Crippen MR) is 93.5 cm³/mol. The Bertz CT molecular complexity index is 851. The zero-order valence-corrected chi connectivity index (χ0v) is 13.4. The van der Waals surface area contributed by atoms with Crippen LogP contribution in [0.15, 0.2) is 48.8 Å². The monoisotopic (exact) mass is 325 g/mol. The van der Waals surface area contributed by atoms with Crippen LogP contribution in [0.5, 0.6) is 0 Å². The van der Waals surface area contributed by atoms with Gasteiger partial charge in [0, 0.05) is 50.8 Å². The predicted octanol–water partition coefficient (Wildman–Crippen LogP) is 2.38. The van der Waals surface area contributed by atoms with Crippen LogP contribution in [0.25, 0.3) is 5.65 Å². The number of hydrogen-bond donors (Lipinski definition) is 1. The number of fused-ring (bicyclic) bond motifs is 1. The van der Waals surface area contributed by atoms with Gasteiger partial charge in [0.2, 0.25) is 0 Å². The first kappa shape index (κ1) is 15.0. The van der Waals surface area contributed by atoms with Gasteiger partial charge in [0.25, 0.3) is 0 Å². The minimum atomic E-state index is -0.149. The second-order valence-corrected chi connectivity index (χ2v) is 6.17. The van der Waals surface area contributed by atoms with E-state index in [-0.39, 0.29) is 5.82 Å². The molecule has 0 saturated carbocycles. The van der Waals surface area contributed by atoms with E-state index in [0.717, 1.165) is 49.8 Å². The molecule has 5 nitrogen and oxygen atoms in total. The van der Waals surface area contributed by atoms with Crippen LogP contribution in [0.4, 0.5) is 15.8 Å². The molecule has 1 aliphatic heterocycles. The van der Waals surface area contributed by atoms with E-state index in [2.05, 4.69) is 14.8 Å². The van der Waals surface area contributed by atoms with E-state index in [9.17, 15) is 4.39 Å². The third-order valence-corrected chi connectivity index (χ3v) is 4.47. The van der Waals surface area contributed by atoms with Crippen LogP contribution < -0.4 is 10.6 Å². The molecule has 1 aliphatic rings. The molecule has 1 fully saturated rings. The average Bonchev–Trinajstić information content (AvgIpc) is 2.97. The van der Waals surface area contributed by atoms with E-state index in [1.807, 2.05) is 41.1 Å². The van der Waals surface area contributed by atoms with E-state index in [4.69, 9.17) is 5.73 Å². The summed E-state index contributed by atoms with van der Waals surface area (Å²) in [6, 6.07) is 10.8. The number of nitrogens with two attached hydrogens (primary N) is 1. The summed E-state index contributed by atoms with van der Waals surface area (Å²) in [6.07, 6.45) is 3.90. The number of aromatic nitrogens is 2. The van der Waals surface area contributed by atoms with E-state index >= 15 is 0 Å². The number of piperazine rings is 1. The Morgan fingerprint density at radius 1 is 1.00 bits per heavy atom. The number of rotatable bonds is 3. The topological polar surface area (TPSA) is 49.8 Å². The van der Waals surface area contributed by atoms with E-state index in [1.54, 1.807) is 6.07 Å². The Morgan fingerprint density at radius 3 is 2.58 bits per heavy atom. The number of benzene rings is 1. The fourth-order valence-corrected chi connectivity index (χ4v) is 3.22. The highest BCUT2D eigenvalue weighted by molar-refractivity contribution is 5.49. The van der Waals surface area contributed by atoms with Gasteiger partial charge in [-0.25, -0.2) is 9.37 Å². The van der Waals surface area contributed by atoms with Gasteiger partial charge in [-0.3, -0.25) is 4.90 Å². The van der Waals surface area contributed by atoms with E-state index in [0.29, 0.717) is 5.69 Å². The molecular formula is C18H20FN5. The quantitative estimate of drug-likeness (QED) is 0.803. The maximum absolute atomic E-state index is 13.9. The molecule has 1 aromatic carbocycles. The van der Waals surface area contributed by atoms with Gasteiger partial charge in [0.05, 0.1) is 11.4 Å². The Kier molecular flexibility index (Phi) is 3.82. The summed E-state index contributed by atoms with van der Waals surface area (Å²) < 4.78 is 15.8. The maximum Gasteiger partial charge on any atom is 0.146 e. The normalized spacial score (nSPS) is 16.0. The molecule has 0 bridgehead atoms. The molecule has 3 aromatic rings. The van der Waals surface area contributed by atoms with Gasteiger partial charge in [-0.2, -0.15) is 0 Å². The molecule has 2 N–H and O–H groups in total. The van der Waals surface area contributed by atoms with Crippen molar-refractivity contribution in [2.24, 2.45) is 0 Å². The summed E-state index contributed by atoms with van der Waals surface area (Å²) in [7, 11) is 0. The fourth-order valence-electron chi connectivity index (χ4n) is 3.22. The smallest absolute Gasteiger partial charge is 0.146 e. The van der Waals surface area contributed by atoms with Crippen LogP contribution in [-0.4, -0.2) is 40.5 Å². The van der Waals surface area contributed by atoms with Crippen LogP contribution in [0, 0.1) is 5.82 Å². The van der Waals surface area contributed by atoms with Crippen LogP contribution in [-0.2, 0) is 6.54 Å². The van der Waals surface area contributed by atoms with Crippen LogP contribution in [0.2, 0.25) is 0 Å². The molecular weight excluding hydrogens is 305 g/mol. The molecule has 3 heterocycles. The Labute approximate surface area is 140 Å². The number of para-hydroxylation sites is 1. The number of imidazole rings is 1. The Morgan fingerprint density at radius 2 is 1.79 bits per heavy atom. The lowest BCUT2D eigenvalue weighted by atomic mass is 10.2. The van der Waals surface area contributed by atoms with Gasteiger partial charge in [-0.15, -0.1) is 0 Å². The molecule has 0 radical (unpaired) electrons. The summed E-state index contributed by atoms with van der Waals surface area (Å²) in [4.78, 5) is 9.09. The number of nitrogen functional groups attached to an aromatic ring is 1. The van der Waals surface area contributed by atoms with E-state index < -0.39 is 0 Å². The zero-order chi connectivity index (χ0) is 16.5. The SMILES string of the molecule is Nc1ccc2nc(CN3CCN(c4ccccc4F)CC3)cn2c1. The summed E-state index contributed by atoms with van der Waals surface area (Å²) in [5, 5.41) is 0. The lowest BCUT2D eigenvalue weighted by Gasteiger charge is -2.35. The second-order valence-electron chi connectivity index (χ2n) is 6.17. The van der Waals surface area contributed by atoms with Crippen molar-refractivity contribution < 1.29 is 4.39 Å². The standard InChI is InChI=1S/C18H20FN5/c19-16-3-1-2-4-17(16)23-9-7-22(8-10-23)12-15-13-24-11-14(20)5-6-18(24)21-15/h1-6,11,13H,7-10,12,20H2. The van der Waals surface area contributed by atoms with Crippen molar-refractivity contribution in [3.63, 3.8) is 0 Å². The second kappa shape index (κ2) is 6.13. The Balaban J connectivity index is 1.41. The molecule has 1 saturated heterocycles. The van der Waals surface area contributed by atoms with Crippen molar-refractivity contribution >= 4 is 17.0 Å². The van der Waals surface area contributed by atoms with Gasteiger partial charge in [0.1, 0.15) is 11.5 Å². The fraction of sp³-hybridized carbons (Fsp3) is 0.278. The highest BCUT2D eigenvalue weighted by Gasteiger charge is 2.20. The number of anilines is 2. The first-order valence-corrected chi connectivity index (χ1v) is 8.14. The molecule has 0 amide bonds. The summed E-state index contributed by atoms with van der Waals surface area (Å²) in [5.41, 5.74) is 9.16. The van der Waals surface area contributed by atoms with Crippen molar-refractivity contribution in [1.29, 1.82) is 0 Å². The lowest BCUT2D eigenvalue weighted by Crippen LogP contribution is -2.46. The molecule has 0 aliphatic carbocycles. The molecule has 2 aromatic heterocycles. The van der Waals surface area contributed by atoms with Gasteiger partial charge < -0.3 is 15.0 Å². The van der Waals surface area contributed by atoms with Gasteiger partial charge in [-0.1, -0.05) is 12.1 Å². The third kappa shape index (κ3) is 2.92. The highest BCUT2D eigenvalue weighted by Crippen LogP contribution is 2.20. The summed E-state index contributed by atoms with van der Waals surface area (Å²) in [5.74, 6) is -0.149. The van der Waals surface area contributed by atoms with Gasteiger partial charge in [-0.05, 0) is 24.3 Å². The van der Waals surface area contributed by atoms with Crippen molar-refractivity contribution in [2.45, 2.75) is 6.54 Å². The number of nitrogens with zero attached hydrogens (tertiary/aromatic N) is 4. The molecule has 0 unspecified atom stereocenters. The molecule has 124 valence electrons. The van der Waals surface area contributed by atoms with Crippen molar-refractivity contribution in [3.05, 3.63) is 60.3 Å². The van der Waals surface area contributed by atoms with Crippen LogP contribution >= 0.6 is 0 Å². The number of pyridine rings is 1. The minimum Gasteiger partial charge on any atom is -0.398 e. The minimum absolute atomic E-state index is 0.149. The van der Waals surface area contributed by atoms with Crippen molar-refractivity contribution in [2.75, 3.05) is 36.8 Å². The average molecular weight is 325 g/mol. The molecule has 0 spiro atoms. The third-order valence-electron chi connectivity index (χ3n) is 4.47. The molecule has 24 heavy (non-hydrogen) atoms. The largest absolute Gasteiger partial charge is 0.398 e. The molecule has 4 rings (SSSR count). The number of hydrogen-bond acceptors (Lipinski definition) is 4. The van der Waals surface area contributed by atoms with Gasteiger partial charge in [0.15, 0.2) is 0 Å².